The molecule has 4 nitrogen and oxygen atoms in total. The van der Waals surface area contributed by atoms with Crippen LogP contribution in [0.5, 0.6) is 0 Å². The van der Waals surface area contributed by atoms with Crippen LogP contribution in [0.25, 0.3) is 0 Å². The van der Waals surface area contributed by atoms with Crippen molar-refractivity contribution in [2.75, 3.05) is 11.9 Å². The molecule has 0 aliphatic rings. The zero-order valence-electron chi connectivity index (χ0n) is 13.0. The molecule has 2 aromatic carbocycles. The Morgan fingerprint density at radius 2 is 2.09 bits per heavy atom. The highest BCUT2D eigenvalue weighted by molar-refractivity contribution is 14.1. The van der Waals surface area contributed by atoms with E-state index in [-0.39, 0.29) is 11.3 Å². The van der Waals surface area contributed by atoms with Crippen molar-refractivity contribution in [3.05, 3.63) is 56.9 Å². The van der Waals surface area contributed by atoms with E-state index in [1.54, 1.807) is 6.07 Å². The zero-order valence-corrected chi connectivity index (χ0v) is 15.1. The van der Waals surface area contributed by atoms with Gasteiger partial charge >= 0.3 is 0 Å². The van der Waals surface area contributed by atoms with Crippen LogP contribution >= 0.6 is 22.6 Å². The minimum atomic E-state index is -0.494. The number of anilines is 2. The van der Waals surface area contributed by atoms with Crippen molar-refractivity contribution < 1.29 is 14.0 Å². The molecule has 1 amide bonds. The zero-order chi connectivity index (χ0) is 16.8. The molecule has 2 aromatic rings. The molecule has 0 atom stereocenters. The van der Waals surface area contributed by atoms with E-state index in [2.05, 4.69) is 33.4 Å². The fraction of sp³-hybridized carbons (Fsp3) is 0.235. The maximum absolute atomic E-state index is 14.2. The largest absolute Gasteiger partial charge is 0.352 e. The fourth-order valence-corrected chi connectivity index (χ4v) is 2.66. The van der Waals surface area contributed by atoms with Crippen molar-refractivity contribution in [2.24, 2.45) is 0 Å². The third-order valence-corrected chi connectivity index (χ3v) is 3.85. The highest BCUT2D eigenvalue weighted by Gasteiger charge is 2.16. The highest BCUT2D eigenvalue weighted by Crippen LogP contribution is 2.27. The van der Waals surface area contributed by atoms with E-state index in [4.69, 9.17) is 4.84 Å². The lowest BCUT2D eigenvalue weighted by atomic mass is 10.1. The summed E-state index contributed by atoms with van der Waals surface area (Å²) in [6.07, 6.45) is 0.774. The van der Waals surface area contributed by atoms with Gasteiger partial charge < -0.3 is 5.32 Å². The normalized spacial score (nSPS) is 10.4. The van der Waals surface area contributed by atoms with Crippen LogP contribution in [-0.4, -0.2) is 12.5 Å². The number of benzene rings is 2. The SMILES string of the molecule is CCCONC(=O)c1cccc(F)c1Nc1ccc(I)cc1C. The van der Waals surface area contributed by atoms with E-state index >= 15 is 0 Å². The number of aryl methyl sites for hydroxylation is 1. The number of hydrogen-bond acceptors (Lipinski definition) is 3. The number of para-hydroxylation sites is 1. The van der Waals surface area contributed by atoms with Crippen molar-refractivity contribution in [3.8, 4) is 0 Å². The molecular weight excluding hydrogens is 410 g/mol. The lowest BCUT2D eigenvalue weighted by Gasteiger charge is -2.15. The van der Waals surface area contributed by atoms with Crippen molar-refractivity contribution in [2.45, 2.75) is 20.3 Å². The van der Waals surface area contributed by atoms with Gasteiger partial charge in [0.15, 0.2) is 0 Å². The lowest BCUT2D eigenvalue weighted by molar-refractivity contribution is 0.0315. The van der Waals surface area contributed by atoms with Crippen molar-refractivity contribution in [1.82, 2.24) is 5.48 Å². The molecule has 0 unspecified atom stereocenters. The molecule has 0 saturated heterocycles. The monoisotopic (exact) mass is 428 g/mol. The fourth-order valence-electron chi connectivity index (χ4n) is 2.02. The van der Waals surface area contributed by atoms with Gasteiger partial charge in [-0.15, -0.1) is 0 Å². The maximum atomic E-state index is 14.2. The second kappa shape index (κ2) is 8.26. The molecule has 0 fully saturated rings. The summed E-state index contributed by atoms with van der Waals surface area (Å²) in [5.74, 6) is -0.977. The van der Waals surface area contributed by atoms with Crippen molar-refractivity contribution in [3.63, 3.8) is 0 Å². The molecule has 0 radical (unpaired) electrons. The maximum Gasteiger partial charge on any atom is 0.277 e. The summed E-state index contributed by atoms with van der Waals surface area (Å²) in [6, 6.07) is 10.1. The van der Waals surface area contributed by atoms with Crippen LogP contribution in [0.1, 0.15) is 29.3 Å². The van der Waals surface area contributed by atoms with Gasteiger partial charge in [0, 0.05) is 9.26 Å². The van der Waals surface area contributed by atoms with Gasteiger partial charge in [0.1, 0.15) is 5.82 Å². The predicted molar refractivity (Wildman–Crippen MR) is 97.3 cm³/mol. The van der Waals surface area contributed by atoms with Crippen LogP contribution in [0.3, 0.4) is 0 Å². The molecule has 0 aliphatic carbocycles. The Balaban J connectivity index is 2.28. The van der Waals surface area contributed by atoms with Crippen LogP contribution in [0, 0.1) is 16.3 Å². The van der Waals surface area contributed by atoms with E-state index in [0.717, 1.165) is 21.2 Å². The molecule has 23 heavy (non-hydrogen) atoms. The van der Waals surface area contributed by atoms with Gasteiger partial charge in [0.2, 0.25) is 0 Å². The Morgan fingerprint density at radius 3 is 2.78 bits per heavy atom. The van der Waals surface area contributed by atoms with E-state index in [9.17, 15) is 9.18 Å². The summed E-state index contributed by atoms with van der Waals surface area (Å²) in [4.78, 5) is 17.2. The first-order chi connectivity index (χ1) is 11.0. The Morgan fingerprint density at radius 1 is 1.30 bits per heavy atom. The molecule has 0 saturated carbocycles. The first-order valence-corrected chi connectivity index (χ1v) is 8.34. The van der Waals surface area contributed by atoms with Gasteiger partial charge in [0.25, 0.3) is 5.91 Å². The topological polar surface area (TPSA) is 50.4 Å². The number of halogens is 2. The molecule has 0 aromatic heterocycles. The van der Waals surface area contributed by atoms with Crippen LogP contribution in [-0.2, 0) is 4.84 Å². The number of amides is 1. The van der Waals surface area contributed by atoms with Crippen LogP contribution in [0.15, 0.2) is 36.4 Å². The molecule has 6 heteroatoms. The number of hydroxylamine groups is 1. The number of hydrogen-bond donors (Lipinski definition) is 2. The average molecular weight is 428 g/mol. The molecule has 122 valence electrons. The number of carbonyl (C=O) groups is 1. The second-order valence-electron chi connectivity index (χ2n) is 5.03. The van der Waals surface area contributed by atoms with Gasteiger partial charge in [-0.1, -0.05) is 13.0 Å². The summed E-state index contributed by atoms with van der Waals surface area (Å²) in [5.41, 5.74) is 4.37. The van der Waals surface area contributed by atoms with Crippen molar-refractivity contribution in [1.29, 1.82) is 0 Å². The smallest absolute Gasteiger partial charge is 0.277 e. The van der Waals surface area contributed by atoms with E-state index in [1.165, 1.54) is 12.1 Å². The molecule has 2 rings (SSSR count). The highest BCUT2D eigenvalue weighted by atomic mass is 127. The number of nitrogens with one attached hydrogen (secondary N) is 2. The Bertz CT molecular complexity index is 707. The minimum absolute atomic E-state index is 0.134. The summed E-state index contributed by atoms with van der Waals surface area (Å²) in [5, 5.41) is 3.01. The van der Waals surface area contributed by atoms with E-state index in [0.29, 0.717) is 6.61 Å². The summed E-state index contributed by atoms with van der Waals surface area (Å²) in [7, 11) is 0. The lowest BCUT2D eigenvalue weighted by Crippen LogP contribution is -2.25. The quantitative estimate of drug-likeness (QED) is 0.403. The van der Waals surface area contributed by atoms with Gasteiger partial charge in [-0.25, -0.2) is 9.87 Å². The minimum Gasteiger partial charge on any atom is -0.352 e. The predicted octanol–water partition coefficient (Wildman–Crippen LogP) is 4.55. The van der Waals surface area contributed by atoms with E-state index in [1.807, 2.05) is 32.0 Å². The third kappa shape index (κ3) is 4.65. The molecule has 0 bridgehead atoms. The number of rotatable bonds is 6. The molecule has 0 spiro atoms. The van der Waals surface area contributed by atoms with Gasteiger partial charge in [-0.2, -0.15) is 0 Å². The third-order valence-electron chi connectivity index (χ3n) is 3.18. The summed E-state index contributed by atoms with van der Waals surface area (Å²) in [6.45, 7) is 4.26. The second-order valence-corrected chi connectivity index (χ2v) is 6.27. The van der Waals surface area contributed by atoms with Crippen LogP contribution < -0.4 is 10.8 Å². The van der Waals surface area contributed by atoms with Crippen LogP contribution in [0.2, 0.25) is 0 Å². The Kier molecular flexibility index (Phi) is 6.35. The Labute approximate surface area is 148 Å². The van der Waals surface area contributed by atoms with Gasteiger partial charge in [-0.05, 0) is 71.8 Å². The first-order valence-electron chi connectivity index (χ1n) is 7.26. The summed E-state index contributed by atoms with van der Waals surface area (Å²) >= 11 is 2.21. The molecule has 0 aliphatic heterocycles. The first kappa shape index (κ1) is 17.7. The summed E-state index contributed by atoms with van der Waals surface area (Å²) < 4.78 is 15.3. The van der Waals surface area contributed by atoms with E-state index < -0.39 is 11.7 Å². The Hall–Kier alpha value is -1.67. The number of carbonyl (C=O) groups excluding carboxylic acids is 1. The molecular formula is C17H18FIN2O2. The average Bonchev–Trinajstić information content (AvgIpc) is 2.51. The molecule has 2 N–H and O–H groups in total. The van der Waals surface area contributed by atoms with Crippen LogP contribution in [0.4, 0.5) is 15.8 Å². The van der Waals surface area contributed by atoms with Gasteiger partial charge in [0.05, 0.1) is 17.9 Å². The van der Waals surface area contributed by atoms with Gasteiger partial charge in [-0.3, -0.25) is 9.63 Å². The molecule has 0 heterocycles. The standard InChI is InChI=1S/C17H18FIN2O2/c1-3-9-23-21-17(22)13-5-4-6-14(18)16(13)20-15-8-7-12(19)10-11(15)2/h4-8,10,20H,3,9H2,1-2H3,(H,21,22). The van der Waals surface area contributed by atoms with Crippen molar-refractivity contribution >= 4 is 39.9 Å².